The van der Waals surface area contributed by atoms with Crippen LogP contribution >= 0.6 is 0 Å². The molecule has 1 aliphatic rings. The molecule has 3 rings (SSSR count). The number of ether oxygens (including phenoxy) is 2. The molecule has 0 saturated carbocycles. The zero-order chi connectivity index (χ0) is 21.7. The lowest BCUT2D eigenvalue weighted by molar-refractivity contribution is -0.114. The molecule has 1 aliphatic heterocycles. The van der Waals surface area contributed by atoms with Crippen LogP contribution in [0.4, 0.5) is 14.5 Å². The second kappa shape index (κ2) is 9.86. The van der Waals surface area contributed by atoms with E-state index in [1.165, 1.54) is 13.0 Å². The van der Waals surface area contributed by atoms with Gasteiger partial charge in [-0.2, -0.15) is 0 Å². The lowest BCUT2D eigenvalue weighted by atomic mass is 10.2. The Morgan fingerprint density at radius 3 is 2.80 bits per heavy atom. The van der Waals surface area contributed by atoms with E-state index >= 15 is 0 Å². The molecule has 6 nitrogen and oxygen atoms in total. The van der Waals surface area contributed by atoms with Crippen molar-refractivity contribution in [2.45, 2.75) is 32.5 Å². The van der Waals surface area contributed by atoms with Crippen LogP contribution in [0.3, 0.4) is 0 Å². The highest BCUT2D eigenvalue weighted by atomic mass is 19.2. The first-order chi connectivity index (χ1) is 14.3. The topological polar surface area (TPSA) is 71.0 Å². The van der Waals surface area contributed by atoms with Gasteiger partial charge in [0, 0.05) is 32.6 Å². The van der Waals surface area contributed by atoms with Gasteiger partial charge in [-0.1, -0.05) is 6.07 Å². The third-order valence-corrected chi connectivity index (χ3v) is 4.77. The van der Waals surface area contributed by atoms with Crippen molar-refractivity contribution in [1.29, 1.82) is 0 Å². The van der Waals surface area contributed by atoms with Crippen LogP contribution in [0.15, 0.2) is 36.4 Å². The molecule has 30 heavy (non-hydrogen) atoms. The maximum Gasteiger partial charge on any atom is 0.221 e. The smallest absolute Gasteiger partial charge is 0.221 e. The molecule has 0 bridgehead atoms. The molecule has 0 spiro atoms. The summed E-state index contributed by atoms with van der Waals surface area (Å²) in [5, 5.41) is 13.1. The number of nitrogens with one attached hydrogen (secondary N) is 1. The minimum atomic E-state index is -0.940. The molecule has 2 atom stereocenters. The van der Waals surface area contributed by atoms with Crippen molar-refractivity contribution in [2.75, 3.05) is 31.6 Å². The molecular weight excluding hydrogens is 394 g/mol. The Kier molecular flexibility index (Phi) is 7.23. The number of carbonyl (C=O) groups is 1. The van der Waals surface area contributed by atoms with E-state index in [1.807, 2.05) is 17.9 Å². The van der Waals surface area contributed by atoms with Crippen molar-refractivity contribution in [2.24, 2.45) is 0 Å². The van der Waals surface area contributed by atoms with Crippen molar-refractivity contribution in [3.8, 4) is 11.5 Å². The molecule has 8 heteroatoms. The zero-order valence-corrected chi connectivity index (χ0v) is 17.0. The van der Waals surface area contributed by atoms with Crippen molar-refractivity contribution >= 4 is 11.6 Å². The molecule has 2 aromatic carbocycles. The number of benzene rings is 2. The number of aliphatic hydroxyl groups is 1. The number of anilines is 1. The van der Waals surface area contributed by atoms with Crippen LogP contribution in [-0.4, -0.2) is 54.4 Å². The Labute approximate surface area is 174 Å². The summed E-state index contributed by atoms with van der Waals surface area (Å²) in [6.45, 7) is 5.08. The fourth-order valence-corrected chi connectivity index (χ4v) is 3.38. The number of nitrogens with zero attached hydrogens (tertiary/aromatic N) is 1. The Hall–Kier alpha value is -2.71. The van der Waals surface area contributed by atoms with Gasteiger partial charge in [-0.3, -0.25) is 9.69 Å². The molecule has 0 aliphatic carbocycles. The summed E-state index contributed by atoms with van der Waals surface area (Å²) in [6.07, 6.45) is -0.180. The highest BCUT2D eigenvalue weighted by Gasteiger charge is 2.26. The first kappa shape index (κ1) is 22.0. The van der Waals surface area contributed by atoms with Gasteiger partial charge in [0.2, 0.25) is 5.91 Å². The van der Waals surface area contributed by atoms with E-state index in [0.29, 0.717) is 31.1 Å². The molecule has 1 amide bonds. The summed E-state index contributed by atoms with van der Waals surface area (Å²) in [5.74, 6) is -1.26. The lowest BCUT2D eigenvalue weighted by Gasteiger charge is -2.21. The van der Waals surface area contributed by atoms with Gasteiger partial charge in [0.15, 0.2) is 11.6 Å². The number of hydrogen-bond acceptors (Lipinski definition) is 5. The second-order valence-electron chi connectivity index (χ2n) is 7.51. The Bertz CT molecular complexity index is 893. The first-order valence-corrected chi connectivity index (χ1v) is 9.83. The van der Waals surface area contributed by atoms with E-state index in [0.717, 1.165) is 24.1 Å². The minimum absolute atomic E-state index is 0.0707. The van der Waals surface area contributed by atoms with Crippen LogP contribution in [0.25, 0.3) is 0 Å². The maximum atomic E-state index is 13.3. The van der Waals surface area contributed by atoms with Crippen LogP contribution < -0.4 is 14.8 Å². The number of halogens is 2. The SMILES string of the molecule is CC(=O)Nc1ccc(C)cc1OCC(O)CN1CCC(Oc2ccc(F)c(F)c2)C1. The van der Waals surface area contributed by atoms with Gasteiger partial charge in [0.05, 0.1) is 5.69 Å². The largest absolute Gasteiger partial charge is 0.489 e. The Morgan fingerprint density at radius 1 is 1.27 bits per heavy atom. The molecular formula is C22H26F2N2O4. The van der Waals surface area contributed by atoms with Crippen molar-refractivity contribution in [3.05, 3.63) is 53.6 Å². The average molecular weight is 420 g/mol. The van der Waals surface area contributed by atoms with E-state index in [1.54, 1.807) is 12.1 Å². The van der Waals surface area contributed by atoms with Crippen LogP contribution in [0.5, 0.6) is 11.5 Å². The molecule has 2 unspecified atom stereocenters. The monoisotopic (exact) mass is 420 g/mol. The van der Waals surface area contributed by atoms with Crippen LogP contribution in [0.1, 0.15) is 18.9 Å². The van der Waals surface area contributed by atoms with E-state index in [4.69, 9.17) is 9.47 Å². The van der Waals surface area contributed by atoms with Crippen molar-refractivity contribution < 1.29 is 28.2 Å². The van der Waals surface area contributed by atoms with Gasteiger partial charge >= 0.3 is 0 Å². The number of aryl methyl sites for hydroxylation is 1. The summed E-state index contributed by atoms with van der Waals surface area (Å²) in [5.41, 5.74) is 1.53. The number of hydrogen-bond donors (Lipinski definition) is 2. The Morgan fingerprint density at radius 2 is 2.07 bits per heavy atom. The summed E-state index contributed by atoms with van der Waals surface area (Å²) >= 11 is 0. The molecule has 2 aromatic rings. The third-order valence-electron chi connectivity index (χ3n) is 4.77. The van der Waals surface area contributed by atoms with Crippen LogP contribution in [0.2, 0.25) is 0 Å². The summed E-state index contributed by atoms with van der Waals surface area (Å²) < 4.78 is 37.8. The van der Waals surface area contributed by atoms with Crippen LogP contribution in [-0.2, 0) is 4.79 Å². The zero-order valence-electron chi connectivity index (χ0n) is 17.0. The van der Waals surface area contributed by atoms with E-state index < -0.39 is 17.7 Å². The average Bonchev–Trinajstić information content (AvgIpc) is 3.11. The molecule has 2 N–H and O–H groups in total. The Balaban J connectivity index is 1.48. The van der Waals surface area contributed by atoms with Crippen LogP contribution in [0, 0.1) is 18.6 Å². The maximum absolute atomic E-state index is 13.3. The lowest BCUT2D eigenvalue weighted by Crippen LogP contribution is -2.35. The van der Waals surface area contributed by atoms with Gasteiger partial charge in [0.25, 0.3) is 0 Å². The van der Waals surface area contributed by atoms with E-state index in [-0.39, 0.29) is 24.4 Å². The van der Waals surface area contributed by atoms with Gasteiger partial charge in [-0.25, -0.2) is 8.78 Å². The van der Waals surface area contributed by atoms with Gasteiger partial charge in [-0.05, 0) is 43.2 Å². The number of rotatable bonds is 8. The highest BCUT2D eigenvalue weighted by molar-refractivity contribution is 5.90. The fourth-order valence-electron chi connectivity index (χ4n) is 3.38. The fraction of sp³-hybridized carbons (Fsp3) is 0.409. The molecule has 1 fully saturated rings. The molecule has 0 radical (unpaired) electrons. The minimum Gasteiger partial charge on any atom is -0.489 e. The normalized spacial score (nSPS) is 17.6. The van der Waals surface area contributed by atoms with Crippen molar-refractivity contribution in [1.82, 2.24) is 4.90 Å². The third kappa shape index (κ3) is 6.14. The summed E-state index contributed by atoms with van der Waals surface area (Å²) in [4.78, 5) is 13.4. The predicted molar refractivity (Wildman–Crippen MR) is 109 cm³/mol. The first-order valence-electron chi connectivity index (χ1n) is 9.83. The molecule has 0 aromatic heterocycles. The molecule has 1 saturated heterocycles. The van der Waals surface area contributed by atoms with E-state index in [9.17, 15) is 18.7 Å². The molecule has 162 valence electrons. The number of likely N-dealkylation sites (tertiary alicyclic amines) is 1. The quantitative estimate of drug-likeness (QED) is 0.687. The second-order valence-corrected chi connectivity index (χ2v) is 7.51. The summed E-state index contributed by atoms with van der Waals surface area (Å²) in [6, 6.07) is 8.91. The molecule has 1 heterocycles. The standard InChI is InChI=1S/C22H26F2N2O4/c1-14-3-6-21(25-15(2)27)22(9-14)29-13-16(28)11-26-8-7-18(12-26)30-17-4-5-19(23)20(24)10-17/h3-6,9-10,16,18,28H,7-8,11-13H2,1-2H3,(H,25,27). The predicted octanol–water partition coefficient (Wildman–Crippen LogP) is 3.12. The number of amides is 1. The number of carbonyl (C=O) groups excluding carboxylic acids is 1. The van der Waals surface area contributed by atoms with Gasteiger partial charge in [-0.15, -0.1) is 0 Å². The van der Waals surface area contributed by atoms with Gasteiger partial charge < -0.3 is 19.9 Å². The highest BCUT2D eigenvalue weighted by Crippen LogP contribution is 2.26. The van der Waals surface area contributed by atoms with Crippen molar-refractivity contribution in [3.63, 3.8) is 0 Å². The number of β-amino-alcohol motifs (C(OH)–C–C–N with tert-alkyl or cyclic N) is 1. The van der Waals surface area contributed by atoms with Gasteiger partial charge in [0.1, 0.15) is 30.3 Å². The number of aliphatic hydroxyl groups excluding tert-OH is 1. The van der Waals surface area contributed by atoms with E-state index in [2.05, 4.69) is 5.32 Å². The summed E-state index contributed by atoms with van der Waals surface area (Å²) in [7, 11) is 0.